The van der Waals surface area contributed by atoms with E-state index in [0.717, 1.165) is 58.5 Å². The molecule has 1 N–H and O–H groups in total. The van der Waals surface area contributed by atoms with Gasteiger partial charge < -0.3 is 19.7 Å². The number of morpholine rings is 1. The molecule has 6 nitrogen and oxygen atoms in total. The average Bonchev–Trinajstić information content (AvgIpc) is 3.20. The van der Waals surface area contributed by atoms with Crippen LogP contribution in [-0.4, -0.2) is 87.5 Å². The zero-order valence-electron chi connectivity index (χ0n) is 13.5. The van der Waals surface area contributed by atoms with Crippen molar-refractivity contribution in [2.75, 3.05) is 59.6 Å². The van der Waals surface area contributed by atoms with E-state index >= 15 is 0 Å². The summed E-state index contributed by atoms with van der Waals surface area (Å²) in [5.74, 6) is 1.03. The number of hydrogen-bond acceptors (Lipinski definition) is 4. The molecule has 3 fully saturated rings. The molecule has 3 saturated heterocycles. The summed E-state index contributed by atoms with van der Waals surface area (Å²) in [6.07, 6.45) is 3.94. The number of rotatable bonds is 3. The van der Waals surface area contributed by atoms with Gasteiger partial charge in [0.25, 0.3) is 0 Å². The summed E-state index contributed by atoms with van der Waals surface area (Å²) in [5.41, 5.74) is 0. The number of likely N-dealkylation sites (tertiary alicyclic amines) is 1. The topological polar surface area (TPSA) is 49.3 Å². The maximum Gasteiger partial charge on any atom is 0.193 e. The second-order valence-corrected chi connectivity index (χ2v) is 6.10. The summed E-state index contributed by atoms with van der Waals surface area (Å²) < 4.78 is 11.1. The Hall–Kier alpha value is -0.120. The van der Waals surface area contributed by atoms with Crippen molar-refractivity contribution in [3.05, 3.63) is 0 Å². The lowest BCUT2D eigenvalue weighted by Crippen LogP contribution is -2.47. The Morgan fingerprint density at radius 2 is 2.00 bits per heavy atom. The first-order valence-electron chi connectivity index (χ1n) is 8.26. The van der Waals surface area contributed by atoms with E-state index in [2.05, 4.69) is 20.1 Å². The molecule has 0 amide bonds. The van der Waals surface area contributed by atoms with Gasteiger partial charge >= 0.3 is 0 Å². The molecule has 2 unspecified atom stereocenters. The Morgan fingerprint density at radius 1 is 1.18 bits per heavy atom. The van der Waals surface area contributed by atoms with Crippen LogP contribution in [0.2, 0.25) is 0 Å². The fourth-order valence-electron chi connectivity index (χ4n) is 3.52. The fourth-order valence-corrected chi connectivity index (χ4v) is 3.52. The number of guanidine groups is 1. The van der Waals surface area contributed by atoms with Gasteiger partial charge in [0.2, 0.25) is 0 Å². The second kappa shape index (κ2) is 9.24. The Bertz CT molecular complexity index is 357. The maximum absolute atomic E-state index is 5.67. The molecule has 3 heterocycles. The zero-order valence-corrected chi connectivity index (χ0v) is 15.8. The van der Waals surface area contributed by atoms with E-state index in [-0.39, 0.29) is 24.0 Å². The SMILES string of the molecule is CN=C(NCC1CCCO1)N1CCC(N2CCOCC2)C1.I. The summed E-state index contributed by atoms with van der Waals surface area (Å²) in [6.45, 7) is 7.85. The summed E-state index contributed by atoms with van der Waals surface area (Å²) in [5, 5.41) is 3.48. The first-order chi connectivity index (χ1) is 10.4. The molecule has 2 atom stereocenters. The van der Waals surface area contributed by atoms with Gasteiger partial charge in [0.1, 0.15) is 0 Å². The van der Waals surface area contributed by atoms with Gasteiger partial charge in [0.05, 0.1) is 19.3 Å². The second-order valence-electron chi connectivity index (χ2n) is 6.10. The van der Waals surface area contributed by atoms with Crippen LogP contribution in [0.25, 0.3) is 0 Å². The molecule has 0 aromatic rings. The van der Waals surface area contributed by atoms with Gasteiger partial charge in [0.15, 0.2) is 5.96 Å². The molecule has 7 heteroatoms. The van der Waals surface area contributed by atoms with Gasteiger partial charge in [-0.3, -0.25) is 9.89 Å². The highest BCUT2D eigenvalue weighted by atomic mass is 127. The van der Waals surface area contributed by atoms with E-state index in [1.807, 2.05) is 7.05 Å². The maximum atomic E-state index is 5.67. The largest absolute Gasteiger partial charge is 0.379 e. The Morgan fingerprint density at radius 3 is 2.68 bits per heavy atom. The standard InChI is InChI=1S/C15H28N4O2.HI/c1-16-15(17-11-14-3-2-8-21-14)19-5-4-13(12-19)18-6-9-20-10-7-18;/h13-14H,2-12H2,1H3,(H,16,17);1H. The van der Waals surface area contributed by atoms with Crippen molar-refractivity contribution >= 4 is 29.9 Å². The van der Waals surface area contributed by atoms with Crippen LogP contribution in [0.15, 0.2) is 4.99 Å². The van der Waals surface area contributed by atoms with Crippen molar-refractivity contribution in [1.82, 2.24) is 15.1 Å². The molecule has 0 spiro atoms. The highest BCUT2D eigenvalue weighted by molar-refractivity contribution is 14.0. The molecule has 3 aliphatic heterocycles. The quantitative estimate of drug-likeness (QED) is 0.412. The third kappa shape index (κ3) is 4.69. The van der Waals surface area contributed by atoms with E-state index in [0.29, 0.717) is 12.1 Å². The first kappa shape index (κ1) is 18.2. The number of ether oxygens (including phenoxy) is 2. The van der Waals surface area contributed by atoms with Gasteiger partial charge in [-0.2, -0.15) is 0 Å². The molecule has 0 aromatic carbocycles. The van der Waals surface area contributed by atoms with E-state index in [1.165, 1.54) is 19.3 Å². The zero-order chi connectivity index (χ0) is 14.5. The van der Waals surface area contributed by atoms with Crippen LogP contribution >= 0.6 is 24.0 Å². The third-order valence-electron chi connectivity index (χ3n) is 4.75. The Labute approximate surface area is 150 Å². The number of nitrogens with zero attached hydrogens (tertiary/aromatic N) is 3. The van der Waals surface area contributed by atoms with Crippen LogP contribution in [0.4, 0.5) is 0 Å². The van der Waals surface area contributed by atoms with E-state index in [9.17, 15) is 0 Å². The minimum absolute atomic E-state index is 0. The molecular weight excluding hydrogens is 395 g/mol. The summed E-state index contributed by atoms with van der Waals surface area (Å²) >= 11 is 0. The highest BCUT2D eigenvalue weighted by Crippen LogP contribution is 2.17. The van der Waals surface area contributed by atoms with Crippen molar-refractivity contribution in [2.24, 2.45) is 4.99 Å². The van der Waals surface area contributed by atoms with Crippen LogP contribution in [0.5, 0.6) is 0 Å². The monoisotopic (exact) mass is 424 g/mol. The third-order valence-corrected chi connectivity index (χ3v) is 4.75. The molecule has 0 aliphatic carbocycles. The molecule has 3 aliphatic rings. The van der Waals surface area contributed by atoms with E-state index < -0.39 is 0 Å². The number of halogens is 1. The number of nitrogens with one attached hydrogen (secondary N) is 1. The van der Waals surface area contributed by atoms with Crippen LogP contribution < -0.4 is 5.32 Å². The predicted octanol–water partition coefficient (Wildman–Crippen LogP) is 0.765. The van der Waals surface area contributed by atoms with Crippen LogP contribution in [0.3, 0.4) is 0 Å². The average molecular weight is 424 g/mol. The summed E-state index contributed by atoms with van der Waals surface area (Å²) in [6, 6.07) is 0.648. The van der Waals surface area contributed by atoms with Gasteiger partial charge in [0, 0.05) is 52.4 Å². The molecule has 0 aromatic heterocycles. The lowest BCUT2D eigenvalue weighted by Gasteiger charge is -2.32. The van der Waals surface area contributed by atoms with Crippen molar-refractivity contribution in [1.29, 1.82) is 0 Å². The molecule has 0 bridgehead atoms. The predicted molar refractivity (Wildman–Crippen MR) is 98.1 cm³/mol. The molecular formula is C15H29IN4O2. The normalized spacial score (nSPS) is 30.4. The molecule has 128 valence electrons. The molecule has 3 rings (SSSR count). The van der Waals surface area contributed by atoms with E-state index in [4.69, 9.17) is 9.47 Å². The van der Waals surface area contributed by atoms with E-state index in [1.54, 1.807) is 0 Å². The van der Waals surface area contributed by atoms with Crippen molar-refractivity contribution in [3.63, 3.8) is 0 Å². The minimum Gasteiger partial charge on any atom is -0.379 e. The summed E-state index contributed by atoms with van der Waals surface area (Å²) in [7, 11) is 1.87. The summed E-state index contributed by atoms with van der Waals surface area (Å²) in [4.78, 5) is 9.39. The molecule has 0 radical (unpaired) electrons. The lowest BCUT2D eigenvalue weighted by molar-refractivity contribution is 0.0194. The van der Waals surface area contributed by atoms with Crippen LogP contribution in [-0.2, 0) is 9.47 Å². The van der Waals surface area contributed by atoms with Gasteiger partial charge in [-0.15, -0.1) is 24.0 Å². The molecule has 0 saturated carbocycles. The molecule has 22 heavy (non-hydrogen) atoms. The van der Waals surface area contributed by atoms with Crippen molar-refractivity contribution in [3.8, 4) is 0 Å². The highest BCUT2D eigenvalue weighted by Gasteiger charge is 2.30. The van der Waals surface area contributed by atoms with Gasteiger partial charge in [-0.1, -0.05) is 0 Å². The van der Waals surface area contributed by atoms with Gasteiger partial charge in [-0.25, -0.2) is 0 Å². The number of hydrogen-bond donors (Lipinski definition) is 1. The Balaban J connectivity index is 0.00000176. The number of aliphatic imine (C=N–C) groups is 1. The van der Waals surface area contributed by atoms with Crippen molar-refractivity contribution < 1.29 is 9.47 Å². The van der Waals surface area contributed by atoms with Crippen molar-refractivity contribution in [2.45, 2.75) is 31.4 Å². The van der Waals surface area contributed by atoms with Gasteiger partial charge in [-0.05, 0) is 19.3 Å². The fraction of sp³-hybridized carbons (Fsp3) is 0.933. The van der Waals surface area contributed by atoms with Crippen LogP contribution in [0, 0.1) is 0 Å². The Kier molecular flexibility index (Phi) is 7.66. The van der Waals surface area contributed by atoms with Crippen LogP contribution in [0.1, 0.15) is 19.3 Å². The minimum atomic E-state index is 0. The first-order valence-corrected chi connectivity index (χ1v) is 8.26. The smallest absolute Gasteiger partial charge is 0.193 e. The lowest BCUT2D eigenvalue weighted by atomic mass is 10.2.